The number of methoxy groups -OCH3 is 1. The number of aryl methyl sites for hydroxylation is 2. The van der Waals surface area contributed by atoms with Crippen LogP contribution in [0.4, 0.5) is 5.95 Å². The number of imidazole rings is 1. The molecule has 0 aliphatic heterocycles. The number of ether oxygens (including phenoxy) is 1. The van der Waals surface area contributed by atoms with Gasteiger partial charge in [0.2, 0.25) is 5.95 Å². The van der Waals surface area contributed by atoms with E-state index in [1.165, 1.54) is 0 Å². The van der Waals surface area contributed by atoms with Crippen LogP contribution in [0.2, 0.25) is 0 Å². The van der Waals surface area contributed by atoms with Gasteiger partial charge in [-0.15, -0.1) is 0 Å². The van der Waals surface area contributed by atoms with Gasteiger partial charge in [0.05, 0.1) is 24.2 Å². The van der Waals surface area contributed by atoms with Crippen LogP contribution in [0.25, 0.3) is 5.69 Å². The Bertz CT molecular complexity index is 516. The van der Waals surface area contributed by atoms with Gasteiger partial charge in [-0.3, -0.25) is 9.25 Å². The fourth-order valence-corrected chi connectivity index (χ4v) is 1.84. The molecule has 0 bridgehead atoms. The normalized spacial score (nSPS) is 12.7. The largest absolute Gasteiger partial charge is 0.383 e. The third-order valence-corrected chi connectivity index (χ3v) is 2.59. The molecule has 0 amide bonds. The summed E-state index contributed by atoms with van der Waals surface area (Å²) in [6, 6.07) is 0.201. The summed E-state index contributed by atoms with van der Waals surface area (Å²) in [4.78, 5) is 4.48. The second-order valence-electron chi connectivity index (χ2n) is 4.45. The summed E-state index contributed by atoms with van der Waals surface area (Å²) in [5.74, 6) is 0.810. The molecule has 1 unspecified atom stereocenters. The van der Waals surface area contributed by atoms with E-state index in [1.54, 1.807) is 11.8 Å². The summed E-state index contributed by atoms with van der Waals surface area (Å²) in [6.07, 6.45) is 5.75. The lowest BCUT2D eigenvalue weighted by molar-refractivity contribution is 0.190. The molecule has 0 aliphatic rings. The first-order valence-electron chi connectivity index (χ1n) is 5.90. The van der Waals surface area contributed by atoms with Crippen molar-refractivity contribution in [2.45, 2.75) is 19.9 Å². The average molecular weight is 249 g/mol. The predicted molar refractivity (Wildman–Crippen MR) is 70.0 cm³/mol. The van der Waals surface area contributed by atoms with Crippen LogP contribution in [0.15, 0.2) is 18.6 Å². The molecule has 2 aromatic rings. The highest BCUT2D eigenvalue weighted by Crippen LogP contribution is 2.16. The van der Waals surface area contributed by atoms with E-state index in [1.807, 2.05) is 37.1 Å². The standard InChI is InChI=1S/C12H19N5O/c1-9-6-17(11-5-13-16(3)7-11)12(14-9)15-10(2)8-18-4/h5-7,10H,8H2,1-4H3,(H,14,15). The van der Waals surface area contributed by atoms with Gasteiger partial charge in [-0.05, 0) is 13.8 Å². The summed E-state index contributed by atoms with van der Waals surface area (Å²) < 4.78 is 8.88. The second kappa shape index (κ2) is 5.22. The van der Waals surface area contributed by atoms with Gasteiger partial charge >= 0.3 is 0 Å². The van der Waals surface area contributed by atoms with Crippen LogP contribution in [-0.4, -0.2) is 39.1 Å². The van der Waals surface area contributed by atoms with E-state index < -0.39 is 0 Å². The Balaban J connectivity index is 2.25. The molecule has 0 saturated carbocycles. The maximum absolute atomic E-state index is 5.12. The highest BCUT2D eigenvalue weighted by atomic mass is 16.5. The third-order valence-electron chi connectivity index (χ3n) is 2.59. The number of aromatic nitrogens is 4. The molecule has 2 rings (SSSR count). The van der Waals surface area contributed by atoms with E-state index in [4.69, 9.17) is 4.74 Å². The SMILES string of the molecule is COCC(C)Nc1nc(C)cn1-c1cnn(C)c1. The quantitative estimate of drug-likeness (QED) is 0.869. The van der Waals surface area contributed by atoms with E-state index in [2.05, 4.69) is 22.3 Å². The van der Waals surface area contributed by atoms with Gasteiger partial charge < -0.3 is 10.1 Å². The second-order valence-corrected chi connectivity index (χ2v) is 4.45. The highest BCUT2D eigenvalue weighted by molar-refractivity contribution is 5.41. The molecule has 2 heterocycles. The molecule has 0 aromatic carbocycles. The first-order valence-corrected chi connectivity index (χ1v) is 5.90. The van der Waals surface area contributed by atoms with Crippen molar-refractivity contribution in [2.24, 2.45) is 7.05 Å². The number of nitrogens with one attached hydrogen (secondary N) is 1. The summed E-state index contributed by atoms with van der Waals surface area (Å²) >= 11 is 0. The Morgan fingerprint density at radius 3 is 2.83 bits per heavy atom. The topological polar surface area (TPSA) is 56.9 Å². The van der Waals surface area contributed by atoms with Gasteiger partial charge in [-0.1, -0.05) is 0 Å². The maximum atomic E-state index is 5.12. The van der Waals surface area contributed by atoms with Crippen molar-refractivity contribution in [1.82, 2.24) is 19.3 Å². The molecular formula is C12H19N5O. The van der Waals surface area contributed by atoms with Crippen molar-refractivity contribution in [2.75, 3.05) is 19.0 Å². The Morgan fingerprint density at radius 1 is 1.44 bits per heavy atom. The Labute approximate surface area is 107 Å². The number of rotatable bonds is 5. The van der Waals surface area contributed by atoms with Gasteiger partial charge in [-0.2, -0.15) is 5.10 Å². The highest BCUT2D eigenvalue weighted by Gasteiger charge is 2.11. The zero-order valence-corrected chi connectivity index (χ0v) is 11.2. The average Bonchev–Trinajstić information content (AvgIpc) is 2.85. The van der Waals surface area contributed by atoms with Crippen LogP contribution in [-0.2, 0) is 11.8 Å². The van der Waals surface area contributed by atoms with Gasteiger partial charge in [0.1, 0.15) is 0 Å². The molecule has 0 spiro atoms. The minimum atomic E-state index is 0.201. The van der Waals surface area contributed by atoms with E-state index in [0.717, 1.165) is 17.3 Å². The van der Waals surface area contributed by atoms with Crippen LogP contribution in [0, 0.1) is 6.92 Å². The third kappa shape index (κ3) is 2.70. The minimum Gasteiger partial charge on any atom is -0.383 e. The molecule has 18 heavy (non-hydrogen) atoms. The molecular weight excluding hydrogens is 230 g/mol. The molecule has 98 valence electrons. The van der Waals surface area contributed by atoms with Gasteiger partial charge in [0, 0.05) is 32.6 Å². The first-order chi connectivity index (χ1) is 8.60. The van der Waals surface area contributed by atoms with Crippen molar-refractivity contribution in [3.8, 4) is 5.69 Å². The zero-order valence-electron chi connectivity index (χ0n) is 11.2. The molecule has 0 saturated heterocycles. The van der Waals surface area contributed by atoms with Crippen LogP contribution < -0.4 is 5.32 Å². The molecule has 1 N–H and O–H groups in total. The lowest BCUT2D eigenvalue weighted by Crippen LogP contribution is -2.22. The van der Waals surface area contributed by atoms with Crippen LogP contribution in [0.1, 0.15) is 12.6 Å². The Hall–Kier alpha value is -1.82. The van der Waals surface area contributed by atoms with E-state index in [0.29, 0.717) is 6.61 Å². The van der Waals surface area contributed by atoms with Gasteiger partial charge in [0.15, 0.2) is 0 Å². The summed E-state index contributed by atoms with van der Waals surface area (Å²) in [6.45, 7) is 4.67. The fraction of sp³-hybridized carbons (Fsp3) is 0.500. The maximum Gasteiger partial charge on any atom is 0.208 e. The van der Waals surface area contributed by atoms with Crippen molar-refractivity contribution in [3.63, 3.8) is 0 Å². The summed E-state index contributed by atoms with van der Waals surface area (Å²) in [5, 5.41) is 7.50. The lowest BCUT2D eigenvalue weighted by Gasteiger charge is -2.14. The molecule has 6 nitrogen and oxygen atoms in total. The molecule has 0 radical (unpaired) electrons. The molecule has 2 aromatic heterocycles. The van der Waals surface area contributed by atoms with E-state index >= 15 is 0 Å². The molecule has 0 fully saturated rings. The lowest BCUT2D eigenvalue weighted by atomic mass is 10.4. The monoisotopic (exact) mass is 249 g/mol. The number of anilines is 1. The van der Waals surface area contributed by atoms with Crippen molar-refractivity contribution >= 4 is 5.95 Å². The molecule has 6 heteroatoms. The van der Waals surface area contributed by atoms with Crippen LogP contribution in [0.3, 0.4) is 0 Å². The van der Waals surface area contributed by atoms with E-state index in [-0.39, 0.29) is 6.04 Å². The summed E-state index contributed by atoms with van der Waals surface area (Å²) in [5.41, 5.74) is 1.95. The van der Waals surface area contributed by atoms with Crippen molar-refractivity contribution < 1.29 is 4.74 Å². The smallest absolute Gasteiger partial charge is 0.208 e. The van der Waals surface area contributed by atoms with Crippen LogP contribution in [0.5, 0.6) is 0 Å². The Kier molecular flexibility index (Phi) is 3.66. The molecule has 1 atom stereocenters. The fourth-order valence-electron chi connectivity index (χ4n) is 1.84. The predicted octanol–water partition coefficient (Wildman–Crippen LogP) is 1.36. The zero-order chi connectivity index (χ0) is 13.1. The number of hydrogen-bond donors (Lipinski definition) is 1. The van der Waals surface area contributed by atoms with Gasteiger partial charge in [0.25, 0.3) is 0 Å². The number of hydrogen-bond acceptors (Lipinski definition) is 4. The number of nitrogens with zero attached hydrogens (tertiary/aromatic N) is 4. The summed E-state index contributed by atoms with van der Waals surface area (Å²) in [7, 11) is 3.59. The molecule has 0 aliphatic carbocycles. The van der Waals surface area contributed by atoms with Crippen LogP contribution >= 0.6 is 0 Å². The van der Waals surface area contributed by atoms with E-state index in [9.17, 15) is 0 Å². The van der Waals surface area contributed by atoms with Crippen molar-refractivity contribution in [3.05, 3.63) is 24.3 Å². The first kappa shape index (κ1) is 12.6. The Morgan fingerprint density at radius 2 is 2.22 bits per heavy atom. The minimum absolute atomic E-state index is 0.201. The van der Waals surface area contributed by atoms with Crippen molar-refractivity contribution in [1.29, 1.82) is 0 Å². The van der Waals surface area contributed by atoms with Gasteiger partial charge in [-0.25, -0.2) is 4.98 Å².